The van der Waals surface area contributed by atoms with E-state index in [4.69, 9.17) is 0 Å². The second kappa shape index (κ2) is 7.93. The minimum Gasteiger partial charge on any atom is -0.369 e. The summed E-state index contributed by atoms with van der Waals surface area (Å²) < 4.78 is 0.781. The Morgan fingerprint density at radius 1 is 1.32 bits per heavy atom. The molecule has 6 nitrogen and oxygen atoms in total. The van der Waals surface area contributed by atoms with Crippen molar-refractivity contribution in [3.63, 3.8) is 0 Å². The van der Waals surface area contributed by atoms with Crippen LogP contribution in [0.2, 0.25) is 0 Å². The molecule has 0 unspecified atom stereocenters. The summed E-state index contributed by atoms with van der Waals surface area (Å²) in [5.74, 6) is 1.45. The highest BCUT2D eigenvalue weighted by Crippen LogP contribution is 2.29. The van der Waals surface area contributed by atoms with Gasteiger partial charge in [0.25, 0.3) is 0 Å². The number of carbonyl (C=O) groups excluding carboxylic acids is 1. The monoisotopic (exact) mass is 329 g/mol. The highest BCUT2D eigenvalue weighted by Gasteiger charge is 2.16. The molecule has 1 rings (SSSR count). The first-order chi connectivity index (χ1) is 9.13. The van der Waals surface area contributed by atoms with Crippen LogP contribution in [0, 0.1) is 0 Å². The third-order valence-corrected chi connectivity index (χ3v) is 3.24. The summed E-state index contributed by atoms with van der Waals surface area (Å²) in [6.07, 6.45) is 1.50. The number of nitrogens with one attached hydrogen (secondary N) is 2. The number of halogens is 1. The predicted octanol–water partition coefficient (Wildman–Crippen LogP) is 1.63. The molecule has 0 bridgehead atoms. The number of rotatable bonds is 7. The van der Waals surface area contributed by atoms with Gasteiger partial charge >= 0.3 is 0 Å². The van der Waals surface area contributed by atoms with Crippen molar-refractivity contribution < 1.29 is 4.79 Å². The molecule has 1 heterocycles. The van der Waals surface area contributed by atoms with Gasteiger partial charge in [-0.3, -0.25) is 4.79 Å². The van der Waals surface area contributed by atoms with Gasteiger partial charge in [0.15, 0.2) is 0 Å². The van der Waals surface area contributed by atoms with E-state index < -0.39 is 0 Å². The molecular weight excluding hydrogens is 310 g/mol. The molecule has 0 aliphatic heterocycles. The summed E-state index contributed by atoms with van der Waals surface area (Å²) in [5.41, 5.74) is 0. The average molecular weight is 330 g/mol. The van der Waals surface area contributed by atoms with Crippen molar-refractivity contribution in [3.8, 4) is 0 Å². The molecule has 2 N–H and O–H groups in total. The van der Waals surface area contributed by atoms with Gasteiger partial charge in [0.2, 0.25) is 5.91 Å². The molecule has 0 radical (unpaired) electrons. The van der Waals surface area contributed by atoms with Crippen LogP contribution in [0.4, 0.5) is 11.6 Å². The van der Waals surface area contributed by atoms with Crippen LogP contribution in [0.3, 0.4) is 0 Å². The fourth-order valence-corrected chi connectivity index (χ4v) is 2.23. The van der Waals surface area contributed by atoms with Crippen LogP contribution in [0.5, 0.6) is 0 Å². The number of nitrogens with zero attached hydrogens (tertiary/aromatic N) is 3. The molecule has 0 spiro atoms. The van der Waals surface area contributed by atoms with E-state index in [2.05, 4.69) is 36.5 Å². The van der Waals surface area contributed by atoms with Gasteiger partial charge < -0.3 is 15.5 Å². The fourth-order valence-electron chi connectivity index (χ4n) is 1.63. The molecule has 0 aliphatic carbocycles. The van der Waals surface area contributed by atoms with E-state index in [-0.39, 0.29) is 12.5 Å². The van der Waals surface area contributed by atoms with E-state index in [0.29, 0.717) is 13.1 Å². The molecule has 106 valence electrons. The molecule has 0 saturated heterocycles. The van der Waals surface area contributed by atoms with Gasteiger partial charge in [-0.15, -0.1) is 0 Å². The Hall–Kier alpha value is -1.37. The summed E-state index contributed by atoms with van der Waals surface area (Å²) in [7, 11) is 0. The Balaban J connectivity index is 2.91. The minimum absolute atomic E-state index is 0.0140. The molecule has 1 amide bonds. The fraction of sp³-hybridized carbons (Fsp3) is 0.583. The smallest absolute Gasteiger partial charge is 0.239 e. The lowest BCUT2D eigenvalue weighted by atomic mass is 10.4. The standard InChI is InChI=1S/C12H20BrN5O/c1-4-14-9(19)7-18(6-3)12-10(13)11(15-5-2)16-8-17-12/h8H,4-7H2,1-3H3,(H,14,19)(H,15,16,17). The molecule has 0 fully saturated rings. The Labute approximate surface area is 122 Å². The number of aromatic nitrogens is 2. The Bertz CT molecular complexity index is 427. The predicted molar refractivity (Wildman–Crippen MR) is 80.5 cm³/mol. The number of hydrogen-bond donors (Lipinski definition) is 2. The van der Waals surface area contributed by atoms with Crippen LogP contribution in [0.25, 0.3) is 0 Å². The van der Waals surface area contributed by atoms with Crippen molar-refractivity contribution in [2.75, 3.05) is 36.4 Å². The van der Waals surface area contributed by atoms with Crippen LogP contribution in [0.1, 0.15) is 20.8 Å². The van der Waals surface area contributed by atoms with Crippen LogP contribution in [-0.2, 0) is 4.79 Å². The first-order valence-corrected chi connectivity index (χ1v) is 7.19. The van der Waals surface area contributed by atoms with E-state index in [1.165, 1.54) is 6.33 Å². The van der Waals surface area contributed by atoms with Gasteiger partial charge in [-0.05, 0) is 36.7 Å². The van der Waals surface area contributed by atoms with Gasteiger partial charge in [-0.1, -0.05) is 0 Å². The maximum atomic E-state index is 11.7. The molecule has 19 heavy (non-hydrogen) atoms. The topological polar surface area (TPSA) is 70.2 Å². The van der Waals surface area contributed by atoms with E-state index in [9.17, 15) is 4.79 Å². The first kappa shape index (κ1) is 15.7. The second-order valence-corrected chi connectivity index (χ2v) is 4.65. The maximum absolute atomic E-state index is 11.7. The van der Waals surface area contributed by atoms with Crippen molar-refractivity contribution in [1.29, 1.82) is 0 Å². The molecular formula is C12H20BrN5O. The summed E-state index contributed by atoms with van der Waals surface area (Å²) in [6, 6.07) is 0. The first-order valence-electron chi connectivity index (χ1n) is 6.39. The molecule has 0 atom stereocenters. The van der Waals surface area contributed by atoms with Crippen molar-refractivity contribution in [3.05, 3.63) is 10.8 Å². The highest BCUT2D eigenvalue weighted by atomic mass is 79.9. The summed E-state index contributed by atoms with van der Waals surface area (Å²) in [5, 5.41) is 5.93. The van der Waals surface area contributed by atoms with E-state index in [1.807, 2.05) is 25.7 Å². The average Bonchev–Trinajstić information content (AvgIpc) is 2.39. The van der Waals surface area contributed by atoms with Gasteiger partial charge in [0.1, 0.15) is 22.4 Å². The zero-order valence-electron chi connectivity index (χ0n) is 11.5. The van der Waals surface area contributed by atoms with Gasteiger partial charge in [-0.2, -0.15) is 0 Å². The molecule has 0 saturated carbocycles. The second-order valence-electron chi connectivity index (χ2n) is 3.86. The van der Waals surface area contributed by atoms with Crippen LogP contribution in [0.15, 0.2) is 10.8 Å². The van der Waals surface area contributed by atoms with Gasteiger partial charge in [0.05, 0.1) is 6.54 Å². The van der Waals surface area contributed by atoms with Crippen LogP contribution in [-0.4, -0.2) is 42.1 Å². The van der Waals surface area contributed by atoms with Crippen molar-refractivity contribution in [1.82, 2.24) is 15.3 Å². The van der Waals surface area contributed by atoms with Crippen LogP contribution >= 0.6 is 15.9 Å². The van der Waals surface area contributed by atoms with E-state index in [1.54, 1.807) is 0 Å². The van der Waals surface area contributed by atoms with Gasteiger partial charge in [0, 0.05) is 19.6 Å². The number of amides is 1. The molecule has 0 aromatic carbocycles. The Kier molecular flexibility index (Phi) is 6.55. The summed E-state index contributed by atoms with van der Waals surface area (Å²) in [6.45, 7) is 8.27. The number of hydrogen-bond acceptors (Lipinski definition) is 5. The van der Waals surface area contributed by atoms with E-state index >= 15 is 0 Å². The number of likely N-dealkylation sites (N-methyl/N-ethyl adjacent to an activating group) is 2. The van der Waals surface area contributed by atoms with Crippen LogP contribution < -0.4 is 15.5 Å². The van der Waals surface area contributed by atoms with E-state index in [0.717, 1.165) is 22.7 Å². The van der Waals surface area contributed by atoms with Crippen molar-refractivity contribution >= 4 is 33.5 Å². The molecule has 7 heteroatoms. The third kappa shape index (κ3) is 4.34. The zero-order valence-corrected chi connectivity index (χ0v) is 13.1. The summed E-state index contributed by atoms with van der Waals surface area (Å²) in [4.78, 5) is 22.0. The lowest BCUT2D eigenvalue weighted by molar-refractivity contribution is -0.119. The van der Waals surface area contributed by atoms with Crippen molar-refractivity contribution in [2.24, 2.45) is 0 Å². The normalized spacial score (nSPS) is 10.1. The lowest BCUT2D eigenvalue weighted by Crippen LogP contribution is -2.37. The molecule has 1 aromatic rings. The number of carbonyl (C=O) groups is 1. The molecule has 0 aliphatic rings. The minimum atomic E-state index is -0.0140. The third-order valence-electron chi connectivity index (χ3n) is 2.50. The largest absolute Gasteiger partial charge is 0.369 e. The maximum Gasteiger partial charge on any atom is 0.239 e. The highest BCUT2D eigenvalue weighted by molar-refractivity contribution is 9.10. The molecule has 1 aromatic heterocycles. The van der Waals surface area contributed by atoms with Crippen molar-refractivity contribution in [2.45, 2.75) is 20.8 Å². The zero-order chi connectivity index (χ0) is 14.3. The lowest BCUT2D eigenvalue weighted by Gasteiger charge is -2.23. The SMILES string of the molecule is CCNC(=O)CN(CC)c1ncnc(NCC)c1Br. The Morgan fingerprint density at radius 2 is 2.05 bits per heavy atom. The summed E-state index contributed by atoms with van der Waals surface area (Å²) >= 11 is 3.49. The number of anilines is 2. The Morgan fingerprint density at radius 3 is 2.63 bits per heavy atom. The van der Waals surface area contributed by atoms with Gasteiger partial charge in [-0.25, -0.2) is 9.97 Å². The quantitative estimate of drug-likeness (QED) is 0.795.